The number of carbonyl (C=O) groups excluding carboxylic acids is 2. The van der Waals surface area contributed by atoms with Crippen molar-refractivity contribution in [3.05, 3.63) is 85.7 Å². The molecule has 0 saturated carbocycles. The molecule has 1 amide bonds. The van der Waals surface area contributed by atoms with Crippen molar-refractivity contribution in [3.63, 3.8) is 0 Å². The molecule has 9 nitrogen and oxygen atoms in total. The molecule has 166 valence electrons. The molecular weight excluding hydrogens is 436 g/mol. The predicted octanol–water partition coefficient (Wildman–Crippen LogP) is 4.21. The summed E-state index contributed by atoms with van der Waals surface area (Å²) in [6, 6.07) is 11.7. The third-order valence-corrected chi connectivity index (χ3v) is 5.34. The summed E-state index contributed by atoms with van der Waals surface area (Å²) >= 11 is 6.21. The van der Waals surface area contributed by atoms with Crippen molar-refractivity contribution in [2.75, 3.05) is 11.9 Å². The van der Waals surface area contributed by atoms with E-state index < -0.39 is 23.4 Å². The molecule has 1 heterocycles. The van der Waals surface area contributed by atoms with Crippen molar-refractivity contribution in [2.24, 2.45) is 0 Å². The molecule has 0 aliphatic carbocycles. The summed E-state index contributed by atoms with van der Waals surface area (Å²) in [6.45, 7) is 4.78. The maximum Gasteiger partial charge on any atom is 0.342 e. The van der Waals surface area contributed by atoms with Crippen molar-refractivity contribution < 1.29 is 19.2 Å². The van der Waals surface area contributed by atoms with E-state index in [0.717, 1.165) is 5.56 Å². The van der Waals surface area contributed by atoms with E-state index in [2.05, 4.69) is 10.4 Å². The average molecular weight is 457 g/mol. The number of hydrogen-bond donors (Lipinski definition) is 1. The van der Waals surface area contributed by atoms with Crippen LogP contribution in [0.3, 0.4) is 0 Å². The largest absolute Gasteiger partial charge is 0.452 e. The van der Waals surface area contributed by atoms with Crippen molar-refractivity contribution in [2.45, 2.75) is 27.3 Å². The Morgan fingerprint density at radius 1 is 1.16 bits per heavy atom. The normalized spacial score (nSPS) is 10.6. The van der Waals surface area contributed by atoms with Gasteiger partial charge >= 0.3 is 5.97 Å². The van der Waals surface area contributed by atoms with E-state index in [9.17, 15) is 19.7 Å². The fourth-order valence-corrected chi connectivity index (χ4v) is 3.48. The Morgan fingerprint density at radius 2 is 1.88 bits per heavy atom. The standard InChI is InChI=1S/C22H21ClN4O5/c1-13-18(9-6-10-19(13)27(30)31)24-20(28)12-32-22(29)21-14(2)25-26(15(21)3)11-16-7-4-5-8-17(16)23/h4-10H,11-12H2,1-3H3,(H,24,28). The number of amides is 1. The zero-order valence-electron chi connectivity index (χ0n) is 17.7. The van der Waals surface area contributed by atoms with Crippen LogP contribution in [0.1, 0.15) is 32.9 Å². The molecule has 0 unspecified atom stereocenters. The molecule has 0 bridgehead atoms. The molecule has 2 aromatic carbocycles. The van der Waals surface area contributed by atoms with E-state index >= 15 is 0 Å². The van der Waals surface area contributed by atoms with Crippen molar-refractivity contribution in [1.82, 2.24) is 9.78 Å². The summed E-state index contributed by atoms with van der Waals surface area (Å²) in [5, 5.41) is 18.6. The first-order valence-corrected chi connectivity index (χ1v) is 10.0. The number of nitro groups is 1. The first-order chi connectivity index (χ1) is 15.2. The van der Waals surface area contributed by atoms with Crippen LogP contribution in [0.15, 0.2) is 42.5 Å². The lowest BCUT2D eigenvalue weighted by molar-refractivity contribution is -0.385. The average Bonchev–Trinajstić information content (AvgIpc) is 3.02. The van der Waals surface area contributed by atoms with E-state index in [1.165, 1.54) is 25.1 Å². The number of hydrogen-bond acceptors (Lipinski definition) is 6. The SMILES string of the molecule is Cc1nn(Cc2ccccc2Cl)c(C)c1C(=O)OCC(=O)Nc1cccc([N+](=O)[O-])c1C. The number of halogens is 1. The number of esters is 1. The minimum Gasteiger partial charge on any atom is -0.452 e. The third kappa shape index (κ3) is 4.94. The lowest BCUT2D eigenvalue weighted by Crippen LogP contribution is -2.22. The molecule has 0 aliphatic rings. The number of anilines is 1. The van der Waals surface area contributed by atoms with Gasteiger partial charge in [0.05, 0.1) is 34.1 Å². The lowest BCUT2D eigenvalue weighted by atomic mass is 10.1. The molecule has 1 aromatic heterocycles. The van der Waals surface area contributed by atoms with Gasteiger partial charge in [-0.3, -0.25) is 19.6 Å². The highest BCUT2D eigenvalue weighted by atomic mass is 35.5. The van der Waals surface area contributed by atoms with Gasteiger partial charge in [0, 0.05) is 11.1 Å². The maximum absolute atomic E-state index is 12.6. The van der Waals surface area contributed by atoms with Crippen LogP contribution in [0, 0.1) is 30.9 Å². The first kappa shape index (κ1) is 23.0. The molecule has 1 N–H and O–H groups in total. The predicted molar refractivity (Wildman–Crippen MR) is 119 cm³/mol. The van der Waals surface area contributed by atoms with Crippen LogP contribution in [0.5, 0.6) is 0 Å². The summed E-state index contributed by atoms with van der Waals surface area (Å²) < 4.78 is 6.82. The Bertz CT molecular complexity index is 1210. The third-order valence-electron chi connectivity index (χ3n) is 4.97. The number of nitrogens with one attached hydrogen (secondary N) is 1. The molecule has 3 aromatic rings. The minimum absolute atomic E-state index is 0.114. The van der Waals surface area contributed by atoms with E-state index in [1.807, 2.05) is 18.2 Å². The number of benzene rings is 2. The fourth-order valence-electron chi connectivity index (χ4n) is 3.28. The lowest BCUT2D eigenvalue weighted by Gasteiger charge is -2.10. The highest BCUT2D eigenvalue weighted by Gasteiger charge is 2.22. The Balaban J connectivity index is 1.67. The zero-order valence-corrected chi connectivity index (χ0v) is 18.5. The van der Waals surface area contributed by atoms with Crippen LogP contribution in [0.25, 0.3) is 0 Å². The Labute approximate surface area is 189 Å². The molecule has 32 heavy (non-hydrogen) atoms. The van der Waals surface area contributed by atoms with Crippen LogP contribution in [0.2, 0.25) is 5.02 Å². The summed E-state index contributed by atoms with van der Waals surface area (Å²) in [5.41, 5.74) is 2.65. The van der Waals surface area contributed by atoms with E-state index in [0.29, 0.717) is 28.5 Å². The molecule has 10 heteroatoms. The monoisotopic (exact) mass is 456 g/mol. The molecule has 0 atom stereocenters. The number of aromatic nitrogens is 2. The highest BCUT2D eigenvalue weighted by Crippen LogP contribution is 2.25. The van der Waals surface area contributed by atoms with Crippen LogP contribution in [-0.4, -0.2) is 33.2 Å². The van der Waals surface area contributed by atoms with Crippen molar-refractivity contribution in [3.8, 4) is 0 Å². The molecule has 0 fully saturated rings. The highest BCUT2D eigenvalue weighted by molar-refractivity contribution is 6.31. The van der Waals surface area contributed by atoms with Crippen LogP contribution in [0.4, 0.5) is 11.4 Å². The Kier molecular flexibility index (Phi) is 6.89. The fraction of sp³-hybridized carbons (Fsp3) is 0.227. The van der Waals surface area contributed by atoms with E-state index in [-0.39, 0.29) is 16.9 Å². The topological polar surface area (TPSA) is 116 Å². The van der Waals surface area contributed by atoms with Crippen LogP contribution >= 0.6 is 11.6 Å². The van der Waals surface area contributed by atoms with Gasteiger partial charge in [-0.2, -0.15) is 5.10 Å². The Morgan fingerprint density at radius 3 is 2.56 bits per heavy atom. The van der Waals surface area contributed by atoms with Crippen molar-refractivity contribution >= 4 is 34.9 Å². The molecule has 0 aliphatic heterocycles. The Hall–Kier alpha value is -3.72. The van der Waals surface area contributed by atoms with Crippen molar-refractivity contribution in [1.29, 1.82) is 0 Å². The molecule has 3 rings (SSSR count). The van der Waals surface area contributed by atoms with Gasteiger partial charge in [-0.1, -0.05) is 35.9 Å². The van der Waals surface area contributed by atoms with Gasteiger partial charge in [-0.25, -0.2) is 4.79 Å². The molecule has 0 saturated heterocycles. The van der Waals surface area contributed by atoms with E-state index in [1.54, 1.807) is 24.6 Å². The van der Waals surface area contributed by atoms with Gasteiger partial charge in [0.1, 0.15) is 5.56 Å². The second-order valence-electron chi connectivity index (χ2n) is 7.13. The summed E-state index contributed by atoms with van der Waals surface area (Å²) in [4.78, 5) is 35.4. The smallest absolute Gasteiger partial charge is 0.342 e. The van der Waals surface area contributed by atoms with Gasteiger partial charge in [0.2, 0.25) is 0 Å². The number of nitrogens with zero attached hydrogens (tertiary/aromatic N) is 3. The molecule has 0 spiro atoms. The van der Waals surface area contributed by atoms with Gasteiger partial charge in [0.25, 0.3) is 11.6 Å². The second-order valence-corrected chi connectivity index (χ2v) is 7.53. The van der Waals surface area contributed by atoms with Gasteiger partial charge in [0.15, 0.2) is 6.61 Å². The number of nitro benzene ring substituents is 1. The summed E-state index contributed by atoms with van der Waals surface area (Å²) in [5.74, 6) is -1.29. The second kappa shape index (κ2) is 9.61. The molecule has 0 radical (unpaired) electrons. The number of aryl methyl sites for hydroxylation is 1. The quantitative estimate of drug-likeness (QED) is 0.323. The minimum atomic E-state index is -0.684. The van der Waals surface area contributed by atoms with E-state index in [4.69, 9.17) is 16.3 Å². The van der Waals surface area contributed by atoms with Gasteiger partial charge < -0.3 is 10.1 Å². The van der Waals surface area contributed by atoms with Crippen LogP contribution in [-0.2, 0) is 16.1 Å². The van der Waals surface area contributed by atoms with Crippen LogP contribution < -0.4 is 5.32 Å². The molecular formula is C22H21ClN4O5. The summed E-state index contributed by atoms with van der Waals surface area (Å²) in [7, 11) is 0. The van der Waals surface area contributed by atoms with Gasteiger partial charge in [-0.05, 0) is 38.5 Å². The summed E-state index contributed by atoms with van der Waals surface area (Å²) in [6.07, 6.45) is 0. The zero-order chi connectivity index (χ0) is 23.4. The number of rotatable bonds is 7. The van der Waals surface area contributed by atoms with Gasteiger partial charge in [-0.15, -0.1) is 0 Å². The number of carbonyl (C=O) groups is 2. The number of ether oxygens (including phenoxy) is 1. The maximum atomic E-state index is 12.6. The first-order valence-electron chi connectivity index (χ1n) is 9.67.